The fourth-order valence-corrected chi connectivity index (χ4v) is 2.65. The van der Waals surface area contributed by atoms with E-state index in [1.807, 2.05) is 0 Å². The normalized spacial score (nSPS) is 14.1. The average molecular weight is 339 g/mol. The summed E-state index contributed by atoms with van der Waals surface area (Å²) < 4.78 is 41.1. The Hall–Kier alpha value is -2.54. The Kier molecular flexibility index (Phi) is 4.57. The number of anilines is 1. The maximum atomic E-state index is 13.7. The molecule has 3 N–H and O–H groups in total. The van der Waals surface area contributed by atoms with Gasteiger partial charge in [-0.2, -0.15) is 13.2 Å². The molecule has 0 radical (unpaired) electrons. The molecule has 0 saturated heterocycles. The second kappa shape index (κ2) is 6.16. The fraction of sp³-hybridized carbons (Fsp3) is 0.235. The summed E-state index contributed by atoms with van der Waals surface area (Å²) in [6.07, 6.45) is -6.27. The molecule has 0 saturated carbocycles. The third-order valence-corrected chi connectivity index (χ3v) is 3.78. The van der Waals surface area contributed by atoms with E-state index in [2.05, 4.69) is 5.32 Å². The van der Waals surface area contributed by atoms with Crippen molar-refractivity contribution in [1.82, 2.24) is 0 Å². The van der Waals surface area contributed by atoms with Crippen LogP contribution in [0.2, 0.25) is 0 Å². The molecule has 2 aromatic rings. The molecule has 0 aliphatic rings. The predicted molar refractivity (Wildman–Crippen MR) is 83.1 cm³/mol. The zero-order valence-electron chi connectivity index (χ0n) is 13.0. The van der Waals surface area contributed by atoms with Crippen molar-refractivity contribution in [2.45, 2.75) is 25.6 Å². The van der Waals surface area contributed by atoms with E-state index >= 15 is 0 Å². The smallest absolute Gasteiger partial charge is 0.425 e. The number of nitrogens with one attached hydrogen (secondary N) is 1. The van der Waals surface area contributed by atoms with Crippen LogP contribution in [0.25, 0.3) is 0 Å². The molecule has 0 heterocycles. The quantitative estimate of drug-likeness (QED) is 0.785. The third-order valence-electron chi connectivity index (χ3n) is 3.78. The minimum absolute atomic E-state index is 0.198. The highest BCUT2D eigenvalue weighted by Gasteiger charge is 2.56. The Morgan fingerprint density at radius 3 is 1.92 bits per heavy atom. The van der Waals surface area contributed by atoms with Gasteiger partial charge in [-0.05, 0) is 36.1 Å². The van der Waals surface area contributed by atoms with E-state index in [0.29, 0.717) is 0 Å². The summed E-state index contributed by atoms with van der Waals surface area (Å²) in [5.74, 6) is 0. The molecule has 1 atom stereocenters. The predicted octanol–water partition coefficient (Wildman–Crippen LogP) is 4.19. The Bertz CT molecular complexity index is 736. The molecule has 1 unspecified atom stereocenters. The van der Waals surface area contributed by atoms with Gasteiger partial charge in [-0.25, -0.2) is 4.79 Å². The van der Waals surface area contributed by atoms with Gasteiger partial charge < -0.3 is 10.2 Å². The van der Waals surface area contributed by atoms with Crippen LogP contribution >= 0.6 is 0 Å². The number of aliphatic hydroxyl groups is 1. The number of hydrogen-bond donors (Lipinski definition) is 3. The van der Waals surface area contributed by atoms with Gasteiger partial charge in [0.15, 0.2) is 0 Å². The van der Waals surface area contributed by atoms with Crippen LogP contribution in [0.4, 0.5) is 23.7 Å². The van der Waals surface area contributed by atoms with E-state index in [-0.39, 0.29) is 27.9 Å². The van der Waals surface area contributed by atoms with Gasteiger partial charge in [-0.1, -0.05) is 42.5 Å². The minimum atomic E-state index is -4.95. The Balaban J connectivity index is 2.67. The highest BCUT2D eigenvalue weighted by Crippen LogP contribution is 2.45. The number of carboxylic acid groups (broad SMARTS) is 1. The minimum Gasteiger partial charge on any atom is -0.465 e. The molecule has 4 nitrogen and oxygen atoms in total. The van der Waals surface area contributed by atoms with Crippen LogP contribution in [-0.2, 0) is 5.60 Å². The number of hydrogen-bond acceptors (Lipinski definition) is 2. The summed E-state index contributed by atoms with van der Waals surface area (Å²) in [6.45, 7) is 2.95. The molecule has 0 fully saturated rings. The number of amides is 1. The molecule has 0 aromatic heterocycles. The van der Waals surface area contributed by atoms with Gasteiger partial charge in [0.25, 0.3) is 0 Å². The van der Waals surface area contributed by atoms with Crippen molar-refractivity contribution in [3.63, 3.8) is 0 Å². The summed E-state index contributed by atoms with van der Waals surface area (Å²) in [4.78, 5) is 10.8. The molecule has 24 heavy (non-hydrogen) atoms. The van der Waals surface area contributed by atoms with Crippen molar-refractivity contribution in [2.75, 3.05) is 5.32 Å². The first-order valence-electron chi connectivity index (χ1n) is 7.03. The van der Waals surface area contributed by atoms with Crippen molar-refractivity contribution in [3.05, 3.63) is 64.7 Å². The topological polar surface area (TPSA) is 69.6 Å². The molecule has 7 heteroatoms. The van der Waals surface area contributed by atoms with Crippen LogP contribution < -0.4 is 5.32 Å². The molecule has 128 valence electrons. The van der Waals surface area contributed by atoms with Crippen LogP contribution in [0.3, 0.4) is 0 Å². The van der Waals surface area contributed by atoms with E-state index in [0.717, 1.165) is 12.1 Å². The van der Waals surface area contributed by atoms with Crippen molar-refractivity contribution < 1.29 is 28.2 Å². The van der Waals surface area contributed by atoms with Gasteiger partial charge in [0.1, 0.15) is 0 Å². The van der Waals surface area contributed by atoms with Gasteiger partial charge in [0.05, 0.1) is 0 Å². The first-order chi connectivity index (χ1) is 11.1. The van der Waals surface area contributed by atoms with Crippen molar-refractivity contribution in [2.24, 2.45) is 0 Å². The molecule has 0 bridgehead atoms. The zero-order chi connectivity index (χ0) is 18.1. The maximum Gasteiger partial charge on any atom is 0.425 e. The Morgan fingerprint density at radius 1 is 1.00 bits per heavy atom. The summed E-state index contributed by atoms with van der Waals surface area (Å²) in [5, 5.41) is 21.5. The lowest BCUT2D eigenvalue weighted by molar-refractivity contribution is -0.248. The van der Waals surface area contributed by atoms with Crippen molar-refractivity contribution in [1.29, 1.82) is 0 Å². The average Bonchev–Trinajstić information content (AvgIpc) is 2.49. The first-order valence-corrected chi connectivity index (χ1v) is 7.03. The highest BCUT2D eigenvalue weighted by atomic mass is 19.4. The van der Waals surface area contributed by atoms with Crippen LogP contribution in [-0.4, -0.2) is 22.5 Å². The van der Waals surface area contributed by atoms with Gasteiger partial charge >= 0.3 is 12.3 Å². The van der Waals surface area contributed by atoms with Gasteiger partial charge in [-0.15, -0.1) is 0 Å². The monoisotopic (exact) mass is 339 g/mol. The van der Waals surface area contributed by atoms with Crippen LogP contribution in [0.5, 0.6) is 0 Å². The zero-order valence-corrected chi connectivity index (χ0v) is 13.0. The van der Waals surface area contributed by atoms with Crippen LogP contribution in [0.1, 0.15) is 22.3 Å². The van der Waals surface area contributed by atoms with Gasteiger partial charge in [0, 0.05) is 5.69 Å². The summed E-state index contributed by atoms with van der Waals surface area (Å²) >= 11 is 0. The van der Waals surface area contributed by atoms with Crippen LogP contribution in [0, 0.1) is 13.8 Å². The van der Waals surface area contributed by atoms with Crippen LogP contribution in [0.15, 0.2) is 42.5 Å². The number of halogens is 3. The first kappa shape index (κ1) is 17.8. The molecule has 0 aliphatic heterocycles. The molecule has 0 spiro atoms. The second-order valence-electron chi connectivity index (χ2n) is 5.49. The lowest BCUT2D eigenvalue weighted by Crippen LogP contribution is -2.43. The van der Waals surface area contributed by atoms with Gasteiger partial charge in [0.2, 0.25) is 5.60 Å². The Labute approximate surface area is 136 Å². The number of benzene rings is 2. The second-order valence-corrected chi connectivity index (χ2v) is 5.49. The molecule has 0 aliphatic carbocycles. The SMILES string of the molecule is Cc1cc(C(O)(c2ccccc2)C(F)(F)F)cc(C)c1NC(=O)O. The lowest BCUT2D eigenvalue weighted by Gasteiger charge is -2.32. The molecular formula is C17H16F3NO3. The third kappa shape index (κ3) is 3.07. The standard InChI is InChI=1S/C17H16F3NO3/c1-10-8-13(9-11(2)14(10)21-15(22)23)16(24,17(18,19)20)12-6-4-3-5-7-12/h3-9,21,24H,1-2H3,(H,22,23). The van der Waals surface area contributed by atoms with E-state index < -0.39 is 17.9 Å². The molecule has 2 rings (SSSR count). The van der Waals surface area contributed by atoms with E-state index in [4.69, 9.17) is 5.11 Å². The van der Waals surface area contributed by atoms with E-state index in [9.17, 15) is 23.1 Å². The highest BCUT2D eigenvalue weighted by molar-refractivity contribution is 5.85. The van der Waals surface area contributed by atoms with Crippen molar-refractivity contribution in [3.8, 4) is 0 Å². The number of aryl methyl sites for hydroxylation is 2. The summed E-state index contributed by atoms with van der Waals surface area (Å²) in [7, 11) is 0. The molecule has 2 aromatic carbocycles. The number of rotatable bonds is 3. The van der Waals surface area contributed by atoms with E-state index in [1.165, 1.54) is 38.1 Å². The van der Waals surface area contributed by atoms with Crippen molar-refractivity contribution >= 4 is 11.8 Å². The maximum absolute atomic E-state index is 13.7. The lowest BCUT2D eigenvalue weighted by atomic mass is 9.84. The number of alkyl halides is 3. The fourth-order valence-electron chi connectivity index (χ4n) is 2.65. The van der Waals surface area contributed by atoms with E-state index in [1.54, 1.807) is 6.07 Å². The Morgan fingerprint density at radius 2 is 1.50 bits per heavy atom. The molecular weight excluding hydrogens is 323 g/mol. The molecule has 1 amide bonds. The summed E-state index contributed by atoms with van der Waals surface area (Å²) in [5.41, 5.74) is -3.10. The summed E-state index contributed by atoms with van der Waals surface area (Å²) in [6, 6.07) is 9.04. The van der Waals surface area contributed by atoms with Gasteiger partial charge in [-0.3, -0.25) is 5.32 Å². The number of carbonyl (C=O) groups is 1. The largest absolute Gasteiger partial charge is 0.465 e.